The van der Waals surface area contributed by atoms with Gasteiger partial charge in [-0.1, -0.05) is 18.7 Å². The first-order valence-corrected chi connectivity index (χ1v) is 8.47. The van der Waals surface area contributed by atoms with Crippen LogP contribution in [0.1, 0.15) is 13.8 Å². The Hall–Kier alpha value is -1.87. The SMILES string of the molecule is CCSc1nc(NCCOC)c2cnn(CCNC(C)=O)c2n1. The molecule has 2 heterocycles. The lowest BCUT2D eigenvalue weighted by molar-refractivity contribution is -0.118. The summed E-state index contributed by atoms with van der Waals surface area (Å²) in [6, 6.07) is 0. The van der Waals surface area contributed by atoms with Crippen LogP contribution in [0, 0.1) is 0 Å². The van der Waals surface area contributed by atoms with Crippen LogP contribution in [0.4, 0.5) is 5.82 Å². The van der Waals surface area contributed by atoms with Crippen molar-refractivity contribution in [3.63, 3.8) is 0 Å². The lowest BCUT2D eigenvalue weighted by Crippen LogP contribution is -2.24. The van der Waals surface area contributed by atoms with Crippen LogP contribution in [0.5, 0.6) is 0 Å². The van der Waals surface area contributed by atoms with Crippen LogP contribution >= 0.6 is 11.8 Å². The van der Waals surface area contributed by atoms with Crippen LogP contribution in [0.25, 0.3) is 11.0 Å². The van der Waals surface area contributed by atoms with Gasteiger partial charge in [-0.2, -0.15) is 5.10 Å². The monoisotopic (exact) mass is 338 g/mol. The van der Waals surface area contributed by atoms with E-state index >= 15 is 0 Å². The van der Waals surface area contributed by atoms with Crippen LogP contribution in [-0.4, -0.2) is 58.2 Å². The van der Waals surface area contributed by atoms with Gasteiger partial charge in [0.25, 0.3) is 0 Å². The largest absolute Gasteiger partial charge is 0.383 e. The van der Waals surface area contributed by atoms with Gasteiger partial charge >= 0.3 is 0 Å². The van der Waals surface area contributed by atoms with Gasteiger partial charge in [0.05, 0.1) is 24.7 Å². The van der Waals surface area contributed by atoms with Gasteiger partial charge < -0.3 is 15.4 Å². The van der Waals surface area contributed by atoms with E-state index in [1.165, 1.54) is 6.92 Å². The molecule has 0 bridgehead atoms. The highest BCUT2D eigenvalue weighted by molar-refractivity contribution is 7.99. The number of rotatable bonds is 9. The van der Waals surface area contributed by atoms with Crippen LogP contribution in [-0.2, 0) is 16.1 Å². The Morgan fingerprint density at radius 1 is 1.39 bits per heavy atom. The number of hydrogen-bond acceptors (Lipinski definition) is 7. The summed E-state index contributed by atoms with van der Waals surface area (Å²) in [5, 5.41) is 12.0. The normalized spacial score (nSPS) is 10.9. The second kappa shape index (κ2) is 8.68. The number of ether oxygens (including phenoxy) is 1. The molecule has 0 aliphatic heterocycles. The molecule has 2 rings (SSSR count). The van der Waals surface area contributed by atoms with E-state index in [1.807, 2.05) is 0 Å². The van der Waals surface area contributed by atoms with E-state index < -0.39 is 0 Å². The van der Waals surface area contributed by atoms with Gasteiger partial charge in [0.1, 0.15) is 5.82 Å². The minimum Gasteiger partial charge on any atom is -0.383 e. The van der Waals surface area contributed by atoms with Gasteiger partial charge in [-0.3, -0.25) is 4.79 Å². The standard InChI is InChI=1S/C14H22N6O2S/c1-4-23-14-18-12(16-6-8-22-3)11-9-17-20(13(11)19-14)7-5-15-10(2)21/h9H,4-8H2,1-3H3,(H,15,21)(H,16,18,19). The average molecular weight is 338 g/mol. The highest BCUT2D eigenvalue weighted by Crippen LogP contribution is 2.24. The van der Waals surface area contributed by atoms with Gasteiger partial charge in [0, 0.05) is 27.1 Å². The number of carbonyl (C=O) groups excluding carboxylic acids is 1. The molecule has 1 amide bonds. The quantitative estimate of drug-likeness (QED) is 0.402. The van der Waals surface area contributed by atoms with Gasteiger partial charge in [0.2, 0.25) is 5.91 Å². The zero-order valence-corrected chi connectivity index (χ0v) is 14.4. The third kappa shape index (κ3) is 4.80. The molecular weight excluding hydrogens is 316 g/mol. The molecule has 2 aromatic rings. The summed E-state index contributed by atoms with van der Waals surface area (Å²) < 4.78 is 6.85. The summed E-state index contributed by atoms with van der Waals surface area (Å²) in [6.45, 7) is 5.89. The van der Waals surface area contributed by atoms with Gasteiger partial charge in [-0.25, -0.2) is 14.6 Å². The van der Waals surface area contributed by atoms with E-state index in [1.54, 1.807) is 29.8 Å². The van der Waals surface area contributed by atoms with E-state index in [4.69, 9.17) is 4.74 Å². The number of nitrogens with zero attached hydrogens (tertiary/aromatic N) is 4. The predicted octanol–water partition coefficient (Wildman–Crippen LogP) is 1.13. The molecule has 0 radical (unpaired) electrons. The highest BCUT2D eigenvalue weighted by Gasteiger charge is 2.13. The first-order valence-electron chi connectivity index (χ1n) is 7.49. The number of thioether (sulfide) groups is 1. The predicted molar refractivity (Wildman–Crippen MR) is 90.8 cm³/mol. The van der Waals surface area contributed by atoms with Crippen molar-refractivity contribution in [1.82, 2.24) is 25.1 Å². The van der Waals surface area contributed by atoms with Gasteiger partial charge in [-0.15, -0.1) is 0 Å². The average Bonchev–Trinajstić information content (AvgIpc) is 2.91. The van der Waals surface area contributed by atoms with Crippen LogP contribution in [0.2, 0.25) is 0 Å². The number of aromatic nitrogens is 4. The number of methoxy groups -OCH3 is 1. The van der Waals surface area contributed by atoms with Crippen molar-refractivity contribution in [2.75, 3.05) is 37.9 Å². The topological polar surface area (TPSA) is 94.0 Å². The van der Waals surface area contributed by atoms with E-state index in [0.717, 1.165) is 22.6 Å². The lowest BCUT2D eigenvalue weighted by Gasteiger charge is -2.09. The Morgan fingerprint density at radius 3 is 2.91 bits per heavy atom. The minimum atomic E-state index is -0.0553. The second-order valence-electron chi connectivity index (χ2n) is 4.80. The van der Waals surface area contributed by atoms with Crippen LogP contribution < -0.4 is 10.6 Å². The molecule has 0 saturated carbocycles. The lowest BCUT2D eigenvalue weighted by atomic mass is 10.4. The first kappa shape index (κ1) is 17.5. The van der Waals surface area contributed by atoms with E-state index in [2.05, 4.69) is 32.6 Å². The molecule has 8 nitrogen and oxygen atoms in total. The minimum absolute atomic E-state index is 0.0553. The van der Waals surface area contributed by atoms with Crippen molar-refractivity contribution >= 4 is 34.5 Å². The summed E-state index contributed by atoms with van der Waals surface area (Å²) in [5.41, 5.74) is 0.765. The molecule has 23 heavy (non-hydrogen) atoms. The summed E-state index contributed by atoms with van der Waals surface area (Å²) in [7, 11) is 1.66. The molecule has 126 valence electrons. The number of nitrogens with one attached hydrogen (secondary N) is 2. The summed E-state index contributed by atoms with van der Waals surface area (Å²) in [6.07, 6.45) is 1.75. The maximum absolute atomic E-state index is 11.0. The maximum atomic E-state index is 11.0. The molecular formula is C14H22N6O2S. The van der Waals surface area contributed by atoms with Gasteiger partial charge in [0.15, 0.2) is 10.8 Å². The molecule has 2 aromatic heterocycles. The molecule has 0 aliphatic rings. The zero-order chi connectivity index (χ0) is 16.7. The number of amides is 1. The molecule has 9 heteroatoms. The van der Waals surface area contributed by atoms with Crippen molar-refractivity contribution in [1.29, 1.82) is 0 Å². The Labute approximate surface area is 139 Å². The fourth-order valence-corrected chi connectivity index (χ4v) is 2.60. The van der Waals surface area contributed by atoms with Gasteiger partial charge in [-0.05, 0) is 5.75 Å². The van der Waals surface area contributed by atoms with Crippen molar-refractivity contribution < 1.29 is 9.53 Å². The molecule has 0 spiro atoms. The number of anilines is 1. The Morgan fingerprint density at radius 2 is 2.22 bits per heavy atom. The molecule has 0 saturated heterocycles. The van der Waals surface area contributed by atoms with Crippen molar-refractivity contribution in [3.8, 4) is 0 Å². The highest BCUT2D eigenvalue weighted by atomic mass is 32.2. The number of carbonyl (C=O) groups is 1. The molecule has 0 atom stereocenters. The molecule has 0 aromatic carbocycles. The summed E-state index contributed by atoms with van der Waals surface area (Å²) >= 11 is 1.58. The van der Waals surface area contributed by atoms with Crippen molar-refractivity contribution in [2.45, 2.75) is 25.5 Å². The number of hydrogen-bond donors (Lipinski definition) is 2. The second-order valence-corrected chi connectivity index (χ2v) is 6.03. The van der Waals surface area contributed by atoms with Crippen molar-refractivity contribution in [2.24, 2.45) is 0 Å². The fraction of sp³-hybridized carbons (Fsp3) is 0.571. The maximum Gasteiger partial charge on any atom is 0.216 e. The summed E-state index contributed by atoms with van der Waals surface area (Å²) in [4.78, 5) is 20.1. The zero-order valence-electron chi connectivity index (χ0n) is 13.6. The third-order valence-electron chi connectivity index (χ3n) is 3.05. The van der Waals surface area contributed by atoms with Crippen LogP contribution in [0.3, 0.4) is 0 Å². The Balaban J connectivity index is 2.26. The fourth-order valence-electron chi connectivity index (χ4n) is 2.04. The Bertz CT molecular complexity index is 660. The van der Waals surface area contributed by atoms with E-state index in [0.29, 0.717) is 31.4 Å². The first-order chi connectivity index (χ1) is 11.2. The molecule has 0 aliphatic carbocycles. The van der Waals surface area contributed by atoms with E-state index in [-0.39, 0.29) is 5.91 Å². The van der Waals surface area contributed by atoms with Crippen molar-refractivity contribution in [3.05, 3.63) is 6.20 Å². The third-order valence-corrected chi connectivity index (χ3v) is 3.77. The summed E-state index contributed by atoms with van der Waals surface area (Å²) in [5.74, 6) is 1.59. The molecule has 0 fully saturated rings. The molecule has 2 N–H and O–H groups in total. The molecule has 0 unspecified atom stereocenters. The van der Waals surface area contributed by atoms with E-state index in [9.17, 15) is 4.79 Å². The van der Waals surface area contributed by atoms with Crippen LogP contribution in [0.15, 0.2) is 11.4 Å². The Kier molecular flexibility index (Phi) is 6.60. The number of fused-ring (bicyclic) bond motifs is 1. The smallest absolute Gasteiger partial charge is 0.216 e.